The summed E-state index contributed by atoms with van der Waals surface area (Å²) in [6, 6.07) is 0. The van der Waals surface area contributed by atoms with Gasteiger partial charge in [0.15, 0.2) is 0 Å². The van der Waals surface area contributed by atoms with Crippen LogP contribution in [0.15, 0.2) is 4.47 Å². The van der Waals surface area contributed by atoms with E-state index in [1.165, 1.54) is 32.1 Å². The fourth-order valence-electron chi connectivity index (χ4n) is 2.90. The van der Waals surface area contributed by atoms with Gasteiger partial charge >= 0.3 is 0 Å². The molecule has 0 bridgehead atoms. The Morgan fingerprint density at radius 2 is 1.84 bits per heavy atom. The third-order valence-electron chi connectivity index (χ3n) is 4.26. The number of halogens is 1. The first-order chi connectivity index (χ1) is 9.02. The number of hydrogen-bond donors (Lipinski definition) is 1. The zero-order valence-corrected chi connectivity index (χ0v) is 13.7. The fraction of sp³-hybridized carbons (Fsp3) is 0.733. The van der Waals surface area contributed by atoms with Crippen molar-refractivity contribution >= 4 is 21.7 Å². The highest BCUT2D eigenvalue weighted by molar-refractivity contribution is 9.10. The van der Waals surface area contributed by atoms with Gasteiger partial charge in [0, 0.05) is 5.92 Å². The van der Waals surface area contributed by atoms with Gasteiger partial charge in [-0.1, -0.05) is 27.2 Å². The first-order valence-electron chi connectivity index (χ1n) is 7.35. The molecule has 1 aromatic heterocycles. The summed E-state index contributed by atoms with van der Waals surface area (Å²) >= 11 is 3.51. The van der Waals surface area contributed by atoms with Crippen LogP contribution in [0.5, 0.6) is 0 Å². The van der Waals surface area contributed by atoms with Crippen molar-refractivity contribution in [1.29, 1.82) is 0 Å². The van der Waals surface area contributed by atoms with Crippen LogP contribution >= 0.6 is 15.9 Å². The minimum Gasteiger partial charge on any atom is -0.383 e. The Morgan fingerprint density at radius 1 is 1.21 bits per heavy atom. The largest absolute Gasteiger partial charge is 0.383 e. The van der Waals surface area contributed by atoms with Gasteiger partial charge in [0.1, 0.15) is 11.6 Å². The second kappa shape index (κ2) is 6.21. The quantitative estimate of drug-likeness (QED) is 0.881. The van der Waals surface area contributed by atoms with Crippen LogP contribution in [0.4, 0.5) is 5.82 Å². The second-order valence-corrected chi connectivity index (χ2v) is 6.74. The smallest absolute Gasteiger partial charge is 0.141 e. The van der Waals surface area contributed by atoms with E-state index in [2.05, 4.69) is 41.7 Å². The lowest BCUT2D eigenvalue weighted by molar-refractivity contribution is 0.312. The van der Waals surface area contributed by atoms with Crippen molar-refractivity contribution in [3.8, 4) is 0 Å². The highest BCUT2D eigenvalue weighted by Crippen LogP contribution is 2.37. The maximum Gasteiger partial charge on any atom is 0.141 e. The molecule has 1 aliphatic rings. The maximum atomic E-state index is 6.02. The summed E-state index contributed by atoms with van der Waals surface area (Å²) in [6.45, 7) is 6.57. The lowest BCUT2D eigenvalue weighted by Gasteiger charge is -2.27. The van der Waals surface area contributed by atoms with E-state index in [1.54, 1.807) is 0 Å². The van der Waals surface area contributed by atoms with Gasteiger partial charge in [0.05, 0.1) is 10.2 Å². The molecule has 3 nitrogen and oxygen atoms in total. The summed E-state index contributed by atoms with van der Waals surface area (Å²) in [7, 11) is 0. The molecule has 0 saturated heterocycles. The van der Waals surface area contributed by atoms with E-state index in [4.69, 9.17) is 10.7 Å². The third-order valence-corrected chi connectivity index (χ3v) is 5.07. The lowest BCUT2D eigenvalue weighted by atomic mass is 9.80. The molecule has 4 heteroatoms. The van der Waals surface area contributed by atoms with Gasteiger partial charge in [0.25, 0.3) is 0 Å². The van der Waals surface area contributed by atoms with Crippen molar-refractivity contribution in [1.82, 2.24) is 9.97 Å². The number of hydrogen-bond acceptors (Lipinski definition) is 3. The van der Waals surface area contributed by atoms with Crippen LogP contribution < -0.4 is 5.73 Å². The lowest BCUT2D eigenvalue weighted by Crippen LogP contribution is -2.17. The molecule has 2 rings (SSSR count). The normalized spacial score (nSPS) is 23.8. The molecule has 0 atom stereocenters. The molecule has 106 valence electrons. The molecule has 1 fully saturated rings. The average molecular weight is 326 g/mol. The standard InChI is InChI=1S/C15H24BrN3/c1-4-10-5-7-11(8-6-10)15-18-13(9(2)3)12(16)14(17)19-15/h9-11H,4-8H2,1-3H3,(H2,17,18,19). The molecule has 0 aliphatic heterocycles. The fourth-order valence-corrected chi connectivity index (χ4v) is 3.53. The van der Waals surface area contributed by atoms with Crippen molar-refractivity contribution in [3.05, 3.63) is 16.0 Å². The molecule has 0 unspecified atom stereocenters. The van der Waals surface area contributed by atoms with Gasteiger partial charge in [0.2, 0.25) is 0 Å². The number of rotatable bonds is 3. The van der Waals surface area contributed by atoms with Gasteiger partial charge in [-0.25, -0.2) is 9.97 Å². The Balaban J connectivity index is 2.21. The summed E-state index contributed by atoms with van der Waals surface area (Å²) in [4.78, 5) is 9.28. The molecule has 1 heterocycles. The van der Waals surface area contributed by atoms with Crippen LogP contribution in [-0.4, -0.2) is 9.97 Å². The van der Waals surface area contributed by atoms with Gasteiger partial charge in [-0.15, -0.1) is 0 Å². The Bertz CT molecular complexity index is 437. The molecule has 0 spiro atoms. The van der Waals surface area contributed by atoms with Crippen LogP contribution in [0.1, 0.15) is 76.2 Å². The predicted octanol–water partition coefficient (Wildman–Crippen LogP) is 4.63. The number of nitrogens with zero attached hydrogens (tertiary/aromatic N) is 2. The summed E-state index contributed by atoms with van der Waals surface area (Å²) < 4.78 is 0.869. The van der Waals surface area contributed by atoms with Gasteiger partial charge in [-0.3, -0.25) is 0 Å². The number of nitrogens with two attached hydrogens (primary N) is 1. The van der Waals surface area contributed by atoms with E-state index in [1.807, 2.05) is 0 Å². The summed E-state index contributed by atoms with van der Waals surface area (Å²) in [6.07, 6.45) is 6.32. The van der Waals surface area contributed by atoms with Gasteiger partial charge in [-0.2, -0.15) is 0 Å². The predicted molar refractivity (Wildman–Crippen MR) is 83.2 cm³/mol. The first-order valence-corrected chi connectivity index (χ1v) is 8.15. The molecule has 0 aromatic carbocycles. The van der Waals surface area contributed by atoms with Crippen LogP contribution in [0.25, 0.3) is 0 Å². The Kier molecular flexibility index (Phi) is 4.82. The highest BCUT2D eigenvalue weighted by atomic mass is 79.9. The summed E-state index contributed by atoms with van der Waals surface area (Å²) in [5.74, 6) is 3.31. The molecular weight excluding hydrogens is 302 g/mol. The molecule has 0 radical (unpaired) electrons. The molecule has 1 saturated carbocycles. The van der Waals surface area contributed by atoms with E-state index in [-0.39, 0.29) is 0 Å². The second-order valence-electron chi connectivity index (χ2n) is 5.95. The van der Waals surface area contributed by atoms with Crippen LogP contribution in [0, 0.1) is 5.92 Å². The first kappa shape index (κ1) is 14.8. The average Bonchev–Trinajstić information content (AvgIpc) is 2.41. The zero-order valence-electron chi connectivity index (χ0n) is 12.1. The topological polar surface area (TPSA) is 51.8 Å². The van der Waals surface area contributed by atoms with Crippen LogP contribution in [0.2, 0.25) is 0 Å². The van der Waals surface area contributed by atoms with Crippen molar-refractivity contribution in [2.75, 3.05) is 5.73 Å². The van der Waals surface area contributed by atoms with E-state index >= 15 is 0 Å². The Morgan fingerprint density at radius 3 is 2.37 bits per heavy atom. The van der Waals surface area contributed by atoms with Crippen molar-refractivity contribution < 1.29 is 0 Å². The van der Waals surface area contributed by atoms with Gasteiger partial charge < -0.3 is 5.73 Å². The van der Waals surface area contributed by atoms with Crippen LogP contribution in [0.3, 0.4) is 0 Å². The SMILES string of the molecule is CCC1CCC(c2nc(N)c(Br)c(C(C)C)n2)CC1. The molecule has 1 aliphatic carbocycles. The number of nitrogen functional groups attached to an aromatic ring is 1. The molecular formula is C15H24BrN3. The summed E-state index contributed by atoms with van der Waals surface area (Å²) in [5.41, 5.74) is 7.06. The van der Waals surface area contributed by atoms with Crippen molar-refractivity contribution in [2.24, 2.45) is 5.92 Å². The molecule has 19 heavy (non-hydrogen) atoms. The van der Waals surface area contributed by atoms with Gasteiger partial charge in [-0.05, 0) is 53.4 Å². The molecule has 2 N–H and O–H groups in total. The Labute approximate surface area is 124 Å². The van der Waals surface area contributed by atoms with Crippen molar-refractivity contribution in [3.63, 3.8) is 0 Å². The van der Waals surface area contributed by atoms with E-state index in [9.17, 15) is 0 Å². The minimum atomic E-state index is 0.366. The minimum absolute atomic E-state index is 0.366. The monoisotopic (exact) mass is 325 g/mol. The third kappa shape index (κ3) is 3.28. The molecule has 1 aromatic rings. The maximum absolute atomic E-state index is 6.02. The molecule has 0 amide bonds. The van der Waals surface area contributed by atoms with E-state index < -0.39 is 0 Å². The van der Waals surface area contributed by atoms with Crippen LogP contribution in [-0.2, 0) is 0 Å². The van der Waals surface area contributed by atoms with Crippen molar-refractivity contribution in [2.45, 2.75) is 64.7 Å². The van der Waals surface area contributed by atoms with E-state index in [0.717, 1.165) is 21.9 Å². The number of anilines is 1. The highest BCUT2D eigenvalue weighted by Gasteiger charge is 2.25. The Hall–Kier alpha value is -0.640. The summed E-state index contributed by atoms with van der Waals surface area (Å²) in [5, 5.41) is 0. The number of aromatic nitrogens is 2. The van der Waals surface area contributed by atoms with E-state index in [0.29, 0.717) is 17.7 Å². The zero-order chi connectivity index (χ0) is 14.0.